The topological polar surface area (TPSA) is 17.1 Å². The Balaban J connectivity index is 2.48. The Labute approximate surface area is 111 Å². The average Bonchev–Trinajstić information content (AvgIpc) is 2.80. The van der Waals surface area contributed by atoms with Gasteiger partial charge in [0.25, 0.3) is 0 Å². The summed E-state index contributed by atoms with van der Waals surface area (Å²) in [6, 6.07) is 6.68. The Hall–Kier alpha value is -1.000. The Morgan fingerprint density at radius 2 is 2.18 bits per heavy atom. The summed E-state index contributed by atoms with van der Waals surface area (Å²) in [6.45, 7) is 1.98. The number of halogens is 2. The molecule has 88 valence electrons. The van der Waals surface area contributed by atoms with Crippen LogP contribution in [0.1, 0.15) is 27.7 Å². The summed E-state index contributed by atoms with van der Waals surface area (Å²) in [5.41, 5.74) is 1.09. The molecule has 0 bridgehead atoms. The molecule has 1 heterocycles. The number of carbonyl (C=O) groups is 1. The SMILES string of the molecule is CCc1ccsc1C(=O)c1cccc(Br)c1F. The standard InChI is InChI=1S/C13H10BrFOS/c1-2-8-6-7-17-13(8)12(16)9-4-3-5-10(14)11(9)15/h3-7H,2H2,1H3. The minimum atomic E-state index is -0.493. The third-order valence-corrected chi connectivity index (χ3v) is 4.10. The summed E-state index contributed by atoms with van der Waals surface area (Å²) in [5.74, 6) is -0.733. The molecule has 0 aliphatic rings. The van der Waals surface area contributed by atoms with Crippen LogP contribution in [0.15, 0.2) is 34.1 Å². The Morgan fingerprint density at radius 1 is 1.41 bits per heavy atom. The molecule has 0 amide bonds. The maximum atomic E-state index is 13.8. The lowest BCUT2D eigenvalue weighted by Gasteiger charge is -2.04. The normalized spacial score (nSPS) is 10.5. The van der Waals surface area contributed by atoms with Gasteiger partial charge in [-0.05, 0) is 51.5 Å². The van der Waals surface area contributed by atoms with Crippen LogP contribution in [0.5, 0.6) is 0 Å². The predicted molar refractivity (Wildman–Crippen MR) is 71.2 cm³/mol. The Bertz CT molecular complexity index is 562. The average molecular weight is 313 g/mol. The molecular formula is C13H10BrFOS. The van der Waals surface area contributed by atoms with E-state index in [0.717, 1.165) is 12.0 Å². The first-order chi connectivity index (χ1) is 8.15. The van der Waals surface area contributed by atoms with Gasteiger partial charge in [0, 0.05) is 0 Å². The van der Waals surface area contributed by atoms with Gasteiger partial charge in [-0.15, -0.1) is 11.3 Å². The first kappa shape index (κ1) is 12.5. The lowest BCUT2D eigenvalue weighted by atomic mass is 10.1. The van der Waals surface area contributed by atoms with E-state index in [-0.39, 0.29) is 11.3 Å². The van der Waals surface area contributed by atoms with Gasteiger partial charge in [-0.1, -0.05) is 13.0 Å². The van der Waals surface area contributed by atoms with Gasteiger partial charge in [-0.2, -0.15) is 0 Å². The molecule has 0 spiro atoms. The molecule has 0 N–H and O–H groups in total. The van der Waals surface area contributed by atoms with Crippen LogP contribution in [0.3, 0.4) is 0 Å². The molecule has 0 atom stereocenters. The van der Waals surface area contributed by atoms with E-state index in [1.165, 1.54) is 17.4 Å². The fourth-order valence-corrected chi connectivity index (χ4v) is 2.93. The van der Waals surface area contributed by atoms with E-state index in [1.807, 2.05) is 18.4 Å². The van der Waals surface area contributed by atoms with Gasteiger partial charge in [0.15, 0.2) is 0 Å². The van der Waals surface area contributed by atoms with Crippen LogP contribution in [0.25, 0.3) is 0 Å². The zero-order valence-corrected chi connectivity index (χ0v) is 11.6. The Morgan fingerprint density at radius 3 is 2.88 bits per heavy atom. The largest absolute Gasteiger partial charge is 0.288 e. The molecule has 0 saturated carbocycles. The minimum absolute atomic E-state index is 0.122. The number of hydrogen-bond donors (Lipinski definition) is 0. The third kappa shape index (κ3) is 2.33. The molecule has 0 aliphatic carbocycles. The van der Waals surface area contributed by atoms with E-state index in [9.17, 15) is 9.18 Å². The van der Waals surface area contributed by atoms with E-state index in [4.69, 9.17) is 0 Å². The highest BCUT2D eigenvalue weighted by Gasteiger charge is 2.19. The highest BCUT2D eigenvalue weighted by atomic mass is 79.9. The lowest BCUT2D eigenvalue weighted by Crippen LogP contribution is -2.04. The highest BCUT2D eigenvalue weighted by Crippen LogP contribution is 2.25. The van der Waals surface area contributed by atoms with E-state index in [1.54, 1.807) is 12.1 Å². The first-order valence-electron chi connectivity index (χ1n) is 5.20. The second-order valence-corrected chi connectivity index (χ2v) is 5.33. The van der Waals surface area contributed by atoms with E-state index in [2.05, 4.69) is 15.9 Å². The van der Waals surface area contributed by atoms with Crippen molar-refractivity contribution < 1.29 is 9.18 Å². The molecule has 0 saturated heterocycles. The minimum Gasteiger partial charge on any atom is -0.288 e. The summed E-state index contributed by atoms with van der Waals surface area (Å²) >= 11 is 4.45. The summed E-state index contributed by atoms with van der Waals surface area (Å²) < 4.78 is 14.1. The van der Waals surface area contributed by atoms with Gasteiger partial charge in [-0.25, -0.2) is 4.39 Å². The summed E-state index contributed by atoms with van der Waals surface area (Å²) in [4.78, 5) is 12.8. The second-order valence-electron chi connectivity index (χ2n) is 3.56. The van der Waals surface area contributed by atoms with Crippen LogP contribution in [0, 0.1) is 5.82 Å². The van der Waals surface area contributed by atoms with Gasteiger partial charge >= 0.3 is 0 Å². The molecule has 0 fully saturated rings. The predicted octanol–water partition coefficient (Wildman–Crippen LogP) is 4.44. The van der Waals surface area contributed by atoms with Gasteiger partial charge in [-0.3, -0.25) is 4.79 Å². The number of thiophene rings is 1. The summed E-state index contributed by atoms with van der Waals surface area (Å²) in [7, 11) is 0. The van der Waals surface area contributed by atoms with Crippen molar-refractivity contribution in [1.82, 2.24) is 0 Å². The molecule has 4 heteroatoms. The van der Waals surface area contributed by atoms with Crippen LogP contribution >= 0.6 is 27.3 Å². The zero-order chi connectivity index (χ0) is 12.4. The quantitative estimate of drug-likeness (QED) is 0.766. The molecule has 0 radical (unpaired) electrons. The van der Waals surface area contributed by atoms with Crippen molar-refractivity contribution in [2.24, 2.45) is 0 Å². The van der Waals surface area contributed by atoms with Gasteiger partial charge < -0.3 is 0 Å². The fourth-order valence-electron chi connectivity index (χ4n) is 1.61. The molecule has 1 aromatic heterocycles. The molecular weight excluding hydrogens is 303 g/mol. The van der Waals surface area contributed by atoms with Gasteiger partial charge in [0.05, 0.1) is 14.9 Å². The number of carbonyl (C=O) groups excluding carboxylic acids is 1. The zero-order valence-electron chi connectivity index (χ0n) is 9.17. The van der Waals surface area contributed by atoms with E-state index in [0.29, 0.717) is 9.35 Å². The maximum absolute atomic E-state index is 13.8. The highest BCUT2D eigenvalue weighted by molar-refractivity contribution is 9.10. The van der Waals surface area contributed by atoms with Crippen molar-refractivity contribution in [3.05, 3.63) is 55.9 Å². The van der Waals surface area contributed by atoms with Crippen LogP contribution in [0.4, 0.5) is 4.39 Å². The lowest BCUT2D eigenvalue weighted by molar-refractivity contribution is 0.103. The summed E-state index contributed by atoms with van der Waals surface area (Å²) in [5, 5.41) is 1.86. The molecule has 17 heavy (non-hydrogen) atoms. The molecule has 0 unspecified atom stereocenters. The van der Waals surface area contributed by atoms with Crippen LogP contribution < -0.4 is 0 Å². The van der Waals surface area contributed by atoms with Crippen molar-refractivity contribution in [1.29, 1.82) is 0 Å². The molecule has 2 rings (SSSR count). The molecule has 1 nitrogen and oxygen atoms in total. The molecule has 2 aromatic rings. The van der Waals surface area contributed by atoms with Crippen LogP contribution in [-0.2, 0) is 6.42 Å². The first-order valence-corrected chi connectivity index (χ1v) is 6.87. The summed E-state index contributed by atoms with van der Waals surface area (Å²) in [6.07, 6.45) is 0.778. The Kier molecular flexibility index (Phi) is 3.74. The molecule has 1 aromatic carbocycles. The molecule has 0 aliphatic heterocycles. The maximum Gasteiger partial charge on any atom is 0.206 e. The number of ketones is 1. The van der Waals surface area contributed by atoms with Crippen molar-refractivity contribution >= 4 is 33.0 Å². The number of aryl methyl sites for hydroxylation is 1. The van der Waals surface area contributed by atoms with Crippen molar-refractivity contribution in [3.8, 4) is 0 Å². The smallest absolute Gasteiger partial charge is 0.206 e. The van der Waals surface area contributed by atoms with Crippen LogP contribution in [-0.4, -0.2) is 5.78 Å². The van der Waals surface area contributed by atoms with Gasteiger partial charge in [0.1, 0.15) is 5.82 Å². The second kappa shape index (κ2) is 5.10. The van der Waals surface area contributed by atoms with Crippen LogP contribution in [0.2, 0.25) is 0 Å². The monoisotopic (exact) mass is 312 g/mol. The van der Waals surface area contributed by atoms with E-state index < -0.39 is 5.82 Å². The van der Waals surface area contributed by atoms with Gasteiger partial charge in [0.2, 0.25) is 5.78 Å². The van der Waals surface area contributed by atoms with Crippen molar-refractivity contribution in [2.75, 3.05) is 0 Å². The number of benzene rings is 1. The van der Waals surface area contributed by atoms with E-state index >= 15 is 0 Å². The van der Waals surface area contributed by atoms with Crippen molar-refractivity contribution in [2.45, 2.75) is 13.3 Å². The van der Waals surface area contributed by atoms with Crippen molar-refractivity contribution in [3.63, 3.8) is 0 Å². The fraction of sp³-hybridized carbons (Fsp3) is 0.154. The number of hydrogen-bond acceptors (Lipinski definition) is 2. The number of rotatable bonds is 3. The third-order valence-electron chi connectivity index (χ3n) is 2.53.